The standard InChI is InChI=1S/C20H25N7O/c1-15-12-18(25-24-15)21-17-13-19(27-10-8-26(2)9-11-27)23-20(22-17)28-14-16-6-4-3-5-7-16/h3-7,12-13H,8-11,14H2,1-2H3,(H2,21,22,23,24,25). The minimum Gasteiger partial charge on any atom is -0.458 e. The van der Waals surface area contributed by atoms with Crippen LogP contribution >= 0.6 is 0 Å². The normalized spacial score (nSPS) is 14.9. The van der Waals surface area contributed by atoms with Crippen LogP contribution in [0.1, 0.15) is 11.3 Å². The van der Waals surface area contributed by atoms with Gasteiger partial charge in [-0.05, 0) is 19.5 Å². The number of likely N-dealkylation sites (N-methyl/N-ethyl adjacent to an activating group) is 1. The highest BCUT2D eigenvalue weighted by molar-refractivity contribution is 5.57. The first kappa shape index (κ1) is 18.2. The van der Waals surface area contributed by atoms with Crippen LogP contribution in [-0.4, -0.2) is 58.3 Å². The average molecular weight is 379 g/mol. The predicted molar refractivity (Wildman–Crippen MR) is 109 cm³/mol. The van der Waals surface area contributed by atoms with Crippen molar-refractivity contribution in [2.75, 3.05) is 43.4 Å². The Morgan fingerprint density at radius 3 is 2.54 bits per heavy atom. The number of H-pyrrole nitrogens is 1. The molecule has 0 amide bonds. The van der Waals surface area contributed by atoms with Crippen molar-refractivity contribution in [3.05, 3.63) is 53.7 Å². The van der Waals surface area contributed by atoms with Crippen LogP contribution in [0.25, 0.3) is 0 Å². The van der Waals surface area contributed by atoms with E-state index < -0.39 is 0 Å². The van der Waals surface area contributed by atoms with Crippen molar-refractivity contribution in [1.29, 1.82) is 0 Å². The van der Waals surface area contributed by atoms with Gasteiger partial charge in [0.05, 0.1) is 0 Å². The minimum absolute atomic E-state index is 0.357. The number of piperazine rings is 1. The highest BCUT2D eigenvalue weighted by Gasteiger charge is 2.18. The molecule has 0 radical (unpaired) electrons. The summed E-state index contributed by atoms with van der Waals surface area (Å²) in [5.74, 6) is 2.24. The number of hydrogen-bond acceptors (Lipinski definition) is 7. The van der Waals surface area contributed by atoms with Gasteiger partial charge in [0.2, 0.25) is 0 Å². The molecular formula is C20H25N7O. The largest absolute Gasteiger partial charge is 0.458 e. The van der Waals surface area contributed by atoms with Gasteiger partial charge in [-0.15, -0.1) is 0 Å². The van der Waals surface area contributed by atoms with E-state index in [0.717, 1.165) is 49.1 Å². The third-order valence-corrected chi connectivity index (χ3v) is 4.69. The van der Waals surface area contributed by atoms with Crippen molar-refractivity contribution in [3.8, 4) is 6.01 Å². The van der Waals surface area contributed by atoms with Crippen LogP contribution in [0.3, 0.4) is 0 Å². The van der Waals surface area contributed by atoms with Gasteiger partial charge >= 0.3 is 6.01 Å². The molecule has 0 spiro atoms. The number of aromatic nitrogens is 4. The summed E-state index contributed by atoms with van der Waals surface area (Å²) < 4.78 is 5.90. The minimum atomic E-state index is 0.357. The lowest BCUT2D eigenvalue weighted by Gasteiger charge is -2.33. The van der Waals surface area contributed by atoms with Gasteiger partial charge < -0.3 is 19.9 Å². The maximum Gasteiger partial charge on any atom is 0.320 e. The topological polar surface area (TPSA) is 82.2 Å². The van der Waals surface area contributed by atoms with Crippen LogP contribution in [0.2, 0.25) is 0 Å². The zero-order valence-corrected chi connectivity index (χ0v) is 16.2. The first-order chi connectivity index (χ1) is 13.7. The molecule has 8 nitrogen and oxygen atoms in total. The van der Waals surface area contributed by atoms with Gasteiger partial charge in [-0.2, -0.15) is 15.1 Å². The molecule has 1 fully saturated rings. The molecule has 1 aliphatic rings. The summed E-state index contributed by atoms with van der Waals surface area (Å²) in [6.45, 7) is 6.24. The first-order valence-electron chi connectivity index (χ1n) is 9.44. The smallest absolute Gasteiger partial charge is 0.320 e. The highest BCUT2D eigenvalue weighted by atomic mass is 16.5. The Balaban J connectivity index is 1.56. The molecule has 0 unspecified atom stereocenters. The third kappa shape index (κ3) is 4.58. The van der Waals surface area contributed by atoms with Gasteiger partial charge in [-0.3, -0.25) is 5.10 Å². The summed E-state index contributed by atoms with van der Waals surface area (Å²) >= 11 is 0. The Morgan fingerprint density at radius 2 is 1.82 bits per heavy atom. The molecule has 0 saturated carbocycles. The molecule has 28 heavy (non-hydrogen) atoms. The predicted octanol–water partition coefficient (Wildman–Crippen LogP) is 2.58. The SMILES string of the molecule is Cc1cc(Nc2cc(N3CCN(C)CC3)nc(OCc3ccccc3)n2)n[nH]1. The Kier molecular flexibility index (Phi) is 5.38. The van der Waals surface area contributed by atoms with Crippen molar-refractivity contribution in [2.24, 2.45) is 0 Å². The number of benzene rings is 1. The molecule has 0 aliphatic carbocycles. The van der Waals surface area contributed by atoms with E-state index in [9.17, 15) is 0 Å². The molecule has 1 saturated heterocycles. The molecule has 0 atom stereocenters. The molecule has 4 rings (SSSR count). The Bertz CT molecular complexity index is 904. The summed E-state index contributed by atoms with van der Waals surface area (Å²) in [5, 5.41) is 10.4. The highest BCUT2D eigenvalue weighted by Crippen LogP contribution is 2.23. The molecular weight excluding hydrogens is 354 g/mol. The summed E-state index contributed by atoms with van der Waals surface area (Å²) in [7, 11) is 2.14. The Labute approximate surface area is 164 Å². The lowest BCUT2D eigenvalue weighted by molar-refractivity contribution is 0.280. The number of rotatable bonds is 6. The van der Waals surface area contributed by atoms with Gasteiger partial charge in [0, 0.05) is 44.0 Å². The zero-order valence-electron chi connectivity index (χ0n) is 16.2. The van der Waals surface area contributed by atoms with Crippen LogP contribution in [0.5, 0.6) is 6.01 Å². The van der Waals surface area contributed by atoms with Gasteiger partial charge in [-0.1, -0.05) is 30.3 Å². The third-order valence-electron chi connectivity index (χ3n) is 4.69. The molecule has 3 heterocycles. The van der Waals surface area contributed by atoms with E-state index in [0.29, 0.717) is 18.4 Å². The van der Waals surface area contributed by atoms with Crippen molar-refractivity contribution in [1.82, 2.24) is 25.1 Å². The first-order valence-corrected chi connectivity index (χ1v) is 9.44. The molecule has 1 aromatic carbocycles. The Hall–Kier alpha value is -3.13. The van der Waals surface area contributed by atoms with E-state index in [1.807, 2.05) is 49.4 Å². The van der Waals surface area contributed by atoms with Gasteiger partial charge in [0.1, 0.15) is 18.2 Å². The molecule has 3 aromatic rings. The lowest BCUT2D eigenvalue weighted by Crippen LogP contribution is -2.44. The van der Waals surface area contributed by atoms with E-state index in [1.54, 1.807) is 0 Å². The molecule has 146 valence electrons. The van der Waals surface area contributed by atoms with Gasteiger partial charge in [0.25, 0.3) is 0 Å². The van der Waals surface area contributed by atoms with Crippen molar-refractivity contribution in [3.63, 3.8) is 0 Å². The number of aromatic amines is 1. The lowest BCUT2D eigenvalue weighted by atomic mass is 10.2. The van der Waals surface area contributed by atoms with Crippen LogP contribution in [0.15, 0.2) is 42.5 Å². The fraction of sp³-hybridized carbons (Fsp3) is 0.350. The van der Waals surface area contributed by atoms with Crippen LogP contribution in [0, 0.1) is 6.92 Å². The van der Waals surface area contributed by atoms with Crippen molar-refractivity contribution < 1.29 is 4.74 Å². The summed E-state index contributed by atoms with van der Waals surface area (Å²) in [4.78, 5) is 13.8. The van der Waals surface area contributed by atoms with Crippen LogP contribution < -0.4 is 15.0 Å². The second-order valence-corrected chi connectivity index (χ2v) is 7.02. The number of nitrogens with zero attached hydrogens (tertiary/aromatic N) is 5. The monoisotopic (exact) mass is 379 g/mol. The van der Waals surface area contributed by atoms with E-state index in [2.05, 4.69) is 42.3 Å². The summed E-state index contributed by atoms with van der Waals surface area (Å²) in [6.07, 6.45) is 0. The van der Waals surface area contributed by atoms with E-state index in [4.69, 9.17) is 4.74 Å². The summed E-state index contributed by atoms with van der Waals surface area (Å²) in [6, 6.07) is 14.3. The fourth-order valence-corrected chi connectivity index (χ4v) is 3.07. The Morgan fingerprint density at radius 1 is 1.04 bits per heavy atom. The number of anilines is 3. The van der Waals surface area contributed by atoms with Crippen molar-refractivity contribution in [2.45, 2.75) is 13.5 Å². The van der Waals surface area contributed by atoms with E-state index in [-0.39, 0.29) is 0 Å². The molecule has 2 N–H and O–H groups in total. The number of aryl methyl sites for hydroxylation is 1. The number of hydrogen-bond donors (Lipinski definition) is 2. The molecule has 1 aliphatic heterocycles. The second kappa shape index (κ2) is 8.26. The van der Waals surface area contributed by atoms with Gasteiger partial charge in [-0.25, -0.2) is 0 Å². The second-order valence-electron chi connectivity index (χ2n) is 7.02. The van der Waals surface area contributed by atoms with Gasteiger partial charge in [0.15, 0.2) is 5.82 Å². The maximum atomic E-state index is 5.90. The molecule has 0 bridgehead atoms. The summed E-state index contributed by atoms with van der Waals surface area (Å²) in [5.41, 5.74) is 2.06. The molecule has 8 heteroatoms. The number of ether oxygens (including phenoxy) is 1. The average Bonchev–Trinajstić information content (AvgIpc) is 3.12. The maximum absolute atomic E-state index is 5.90. The van der Waals surface area contributed by atoms with E-state index >= 15 is 0 Å². The zero-order chi connectivity index (χ0) is 19.3. The van der Waals surface area contributed by atoms with Crippen LogP contribution in [-0.2, 0) is 6.61 Å². The van der Waals surface area contributed by atoms with E-state index in [1.165, 1.54) is 0 Å². The fourth-order valence-electron chi connectivity index (χ4n) is 3.07. The van der Waals surface area contributed by atoms with Crippen molar-refractivity contribution >= 4 is 17.5 Å². The molecule has 2 aromatic heterocycles. The van der Waals surface area contributed by atoms with Crippen LogP contribution in [0.4, 0.5) is 17.5 Å². The number of nitrogens with one attached hydrogen (secondary N) is 2. The quantitative estimate of drug-likeness (QED) is 0.681.